The van der Waals surface area contributed by atoms with E-state index in [1.807, 2.05) is 6.92 Å². The van der Waals surface area contributed by atoms with Crippen molar-refractivity contribution in [3.63, 3.8) is 0 Å². The Morgan fingerprint density at radius 1 is 1.55 bits per heavy atom. The van der Waals surface area contributed by atoms with Crippen molar-refractivity contribution in [1.82, 2.24) is 4.72 Å². The average Bonchev–Trinajstić information content (AvgIpc) is 2.69. The zero-order valence-electron chi connectivity index (χ0n) is 10.9. The quantitative estimate of drug-likeness (QED) is 0.875. The fraction of sp³-hybridized carbons (Fsp3) is 0.417. The van der Waals surface area contributed by atoms with Gasteiger partial charge in [-0.15, -0.1) is 0 Å². The minimum Gasteiger partial charge on any atom is -0.489 e. The summed E-state index contributed by atoms with van der Waals surface area (Å²) in [5.41, 5.74) is 0.702. The monoisotopic (exact) mass is 319 g/mol. The van der Waals surface area contributed by atoms with Crippen LogP contribution in [0.2, 0.25) is 5.02 Å². The van der Waals surface area contributed by atoms with Gasteiger partial charge in [0.1, 0.15) is 17.9 Å². The Labute approximate surface area is 121 Å². The summed E-state index contributed by atoms with van der Waals surface area (Å²) >= 11 is 6.01. The molecule has 0 saturated heterocycles. The molecule has 1 aliphatic rings. The number of carbonyl (C=O) groups is 1. The van der Waals surface area contributed by atoms with Crippen molar-refractivity contribution in [2.45, 2.75) is 37.3 Å². The SMILES string of the molecule is CC1Cc2cc(S(=O)(=O)N[C@@H](C)C(=O)O)cc(Cl)c2O1. The van der Waals surface area contributed by atoms with Crippen LogP contribution in [0.1, 0.15) is 19.4 Å². The molecule has 1 aromatic carbocycles. The average molecular weight is 320 g/mol. The van der Waals surface area contributed by atoms with Crippen LogP contribution in [-0.2, 0) is 21.2 Å². The number of fused-ring (bicyclic) bond motifs is 1. The minimum atomic E-state index is -3.94. The van der Waals surface area contributed by atoms with Crippen molar-refractivity contribution in [1.29, 1.82) is 0 Å². The van der Waals surface area contributed by atoms with Crippen molar-refractivity contribution in [2.75, 3.05) is 0 Å². The van der Waals surface area contributed by atoms with Gasteiger partial charge in [0.05, 0.1) is 9.92 Å². The van der Waals surface area contributed by atoms with Crippen molar-refractivity contribution in [3.8, 4) is 5.75 Å². The summed E-state index contributed by atoms with van der Waals surface area (Å²) in [4.78, 5) is 10.7. The number of sulfonamides is 1. The number of rotatable bonds is 4. The Morgan fingerprint density at radius 2 is 2.20 bits per heavy atom. The van der Waals surface area contributed by atoms with Gasteiger partial charge in [0.2, 0.25) is 10.0 Å². The van der Waals surface area contributed by atoms with Crippen LogP contribution < -0.4 is 9.46 Å². The van der Waals surface area contributed by atoms with E-state index in [9.17, 15) is 13.2 Å². The number of hydrogen-bond acceptors (Lipinski definition) is 4. The molecule has 2 atom stereocenters. The predicted molar refractivity (Wildman–Crippen MR) is 72.7 cm³/mol. The summed E-state index contributed by atoms with van der Waals surface area (Å²) in [7, 11) is -3.94. The van der Waals surface area contributed by atoms with Gasteiger partial charge in [-0.25, -0.2) is 8.42 Å². The molecule has 6 nitrogen and oxygen atoms in total. The number of aliphatic carboxylic acids is 1. The van der Waals surface area contributed by atoms with Gasteiger partial charge in [0, 0.05) is 12.0 Å². The van der Waals surface area contributed by atoms with Crippen molar-refractivity contribution >= 4 is 27.6 Å². The molecule has 0 fully saturated rings. The molecule has 2 N–H and O–H groups in total. The van der Waals surface area contributed by atoms with Crippen LogP contribution >= 0.6 is 11.6 Å². The van der Waals surface area contributed by atoms with Crippen LogP contribution in [0.15, 0.2) is 17.0 Å². The number of carboxylic acid groups (broad SMARTS) is 1. The minimum absolute atomic E-state index is 0.0629. The van der Waals surface area contributed by atoms with Crippen molar-refractivity contribution < 1.29 is 23.1 Å². The third-order valence-corrected chi connectivity index (χ3v) is 4.73. The standard InChI is InChI=1S/C12H14ClNO5S/c1-6-3-8-4-9(5-10(13)11(8)19-6)20(17,18)14-7(2)12(15)16/h4-7,14H,3H2,1-2H3,(H,15,16)/t6?,7-/m0/s1. The molecule has 1 aliphatic heterocycles. The first-order chi connectivity index (χ1) is 9.20. The fourth-order valence-corrected chi connectivity index (χ4v) is 3.59. The van der Waals surface area contributed by atoms with Gasteiger partial charge in [-0.2, -0.15) is 4.72 Å². The summed E-state index contributed by atoms with van der Waals surface area (Å²) in [6.07, 6.45) is 0.499. The van der Waals surface area contributed by atoms with Gasteiger partial charge in [0.15, 0.2) is 0 Å². The number of benzene rings is 1. The maximum absolute atomic E-state index is 12.1. The molecule has 1 unspecified atom stereocenters. The van der Waals surface area contributed by atoms with E-state index in [0.717, 1.165) is 0 Å². The maximum Gasteiger partial charge on any atom is 0.321 e. The van der Waals surface area contributed by atoms with Gasteiger partial charge >= 0.3 is 5.97 Å². The Morgan fingerprint density at radius 3 is 2.80 bits per heavy atom. The highest BCUT2D eigenvalue weighted by Gasteiger charge is 2.27. The smallest absolute Gasteiger partial charge is 0.321 e. The molecule has 1 heterocycles. The lowest BCUT2D eigenvalue weighted by molar-refractivity contribution is -0.138. The highest BCUT2D eigenvalue weighted by Crippen LogP contribution is 2.37. The molecule has 0 aromatic heterocycles. The molecule has 0 saturated carbocycles. The summed E-state index contributed by atoms with van der Waals surface area (Å²) < 4.78 is 31.8. The topological polar surface area (TPSA) is 92.7 Å². The summed E-state index contributed by atoms with van der Waals surface area (Å²) in [6.45, 7) is 3.11. The molecular formula is C12H14ClNO5S. The van der Waals surface area contributed by atoms with Crippen LogP contribution in [0.3, 0.4) is 0 Å². The molecule has 1 aromatic rings. The molecule has 0 radical (unpaired) electrons. The number of halogens is 1. The number of ether oxygens (including phenoxy) is 1. The molecule has 8 heteroatoms. The van der Waals surface area contributed by atoms with Crippen LogP contribution in [0.25, 0.3) is 0 Å². The van der Waals surface area contributed by atoms with Crippen LogP contribution in [-0.4, -0.2) is 31.6 Å². The Hall–Kier alpha value is -1.31. The number of nitrogens with one attached hydrogen (secondary N) is 1. The van der Waals surface area contributed by atoms with Gasteiger partial charge in [0.25, 0.3) is 0 Å². The fourth-order valence-electron chi connectivity index (χ4n) is 1.97. The van der Waals surface area contributed by atoms with Gasteiger partial charge < -0.3 is 9.84 Å². The molecule has 110 valence electrons. The first-order valence-corrected chi connectivity index (χ1v) is 7.81. The van der Waals surface area contributed by atoms with E-state index in [1.165, 1.54) is 19.1 Å². The number of carboxylic acids is 1. The van der Waals surface area contributed by atoms with Crippen LogP contribution in [0.5, 0.6) is 5.75 Å². The largest absolute Gasteiger partial charge is 0.489 e. The second-order valence-electron chi connectivity index (χ2n) is 4.71. The second-order valence-corrected chi connectivity index (χ2v) is 6.83. The van der Waals surface area contributed by atoms with E-state index in [-0.39, 0.29) is 16.0 Å². The lowest BCUT2D eigenvalue weighted by Crippen LogP contribution is -2.38. The third kappa shape index (κ3) is 2.89. The van der Waals surface area contributed by atoms with Crippen molar-refractivity contribution in [2.24, 2.45) is 0 Å². The lowest BCUT2D eigenvalue weighted by Gasteiger charge is -2.12. The normalized spacial score (nSPS) is 19.2. The van der Waals surface area contributed by atoms with Crippen LogP contribution in [0.4, 0.5) is 0 Å². The third-order valence-electron chi connectivity index (χ3n) is 2.93. The highest BCUT2D eigenvalue weighted by atomic mass is 35.5. The summed E-state index contributed by atoms with van der Waals surface area (Å²) in [5.74, 6) is -0.762. The Bertz CT molecular complexity index is 658. The number of hydrogen-bond donors (Lipinski definition) is 2. The van der Waals surface area contributed by atoms with Crippen LogP contribution in [0, 0.1) is 0 Å². The molecule has 0 amide bonds. The molecule has 20 heavy (non-hydrogen) atoms. The molecule has 0 spiro atoms. The Balaban J connectivity index is 2.37. The zero-order valence-corrected chi connectivity index (χ0v) is 12.5. The van der Waals surface area contributed by atoms with E-state index >= 15 is 0 Å². The first-order valence-electron chi connectivity index (χ1n) is 5.95. The summed E-state index contributed by atoms with van der Waals surface area (Å²) in [6, 6.07) is 1.50. The van der Waals surface area contributed by atoms with Crippen molar-refractivity contribution in [3.05, 3.63) is 22.7 Å². The lowest BCUT2D eigenvalue weighted by atomic mass is 10.1. The highest BCUT2D eigenvalue weighted by molar-refractivity contribution is 7.89. The Kier molecular flexibility index (Phi) is 3.95. The maximum atomic E-state index is 12.1. The first kappa shape index (κ1) is 15.1. The zero-order chi connectivity index (χ0) is 15.1. The van der Waals surface area contributed by atoms with E-state index < -0.39 is 22.0 Å². The van der Waals surface area contributed by atoms with E-state index in [1.54, 1.807) is 0 Å². The van der Waals surface area contributed by atoms with Gasteiger partial charge in [-0.05, 0) is 26.0 Å². The van der Waals surface area contributed by atoms with E-state index in [4.69, 9.17) is 21.4 Å². The molecule has 0 aliphatic carbocycles. The predicted octanol–water partition coefficient (Wildman–Crippen LogP) is 1.41. The molecule has 2 rings (SSSR count). The summed E-state index contributed by atoms with van der Waals surface area (Å²) in [5, 5.41) is 8.97. The molecule has 0 bridgehead atoms. The van der Waals surface area contributed by atoms with Gasteiger partial charge in [-0.1, -0.05) is 11.6 Å². The van der Waals surface area contributed by atoms with E-state index in [2.05, 4.69) is 4.72 Å². The van der Waals surface area contributed by atoms with E-state index in [0.29, 0.717) is 17.7 Å². The second kappa shape index (κ2) is 5.23. The molecular weight excluding hydrogens is 306 g/mol. The van der Waals surface area contributed by atoms with Gasteiger partial charge in [-0.3, -0.25) is 4.79 Å².